The average Bonchev–Trinajstić information content (AvgIpc) is 2.91. The normalized spacial score (nSPS) is 19.0. The van der Waals surface area contributed by atoms with Crippen LogP contribution in [-0.2, 0) is 6.18 Å². The summed E-state index contributed by atoms with van der Waals surface area (Å²) in [7, 11) is 0. The molecule has 1 aliphatic rings. The molecule has 0 saturated carbocycles. The summed E-state index contributed by atoms with van der Waals surface area (Å²) >= 11 is 0. The number of nitrogens with two attached hydrogens (primary N) is 1. The van der Waals surface area contributed by atoms with E-state index in [1.54, 1.807) is 4.90 Å². The summed E-state index contributed by atoms with van der Waals surface area (Å²) < 4.78 is 39.0. The first-order valence-electron chi connectivity index (χ1n) is 7.12. The number of rotatable bonds is 4. The van der Waals surface area contributed by atoms with Gasteiger partial charge in [-0.25, -0.2) is 0 Å². The molecule has 0 bridgehead atoms. The third-order valence-corrected chi connectivity index (χ3v) is 3.84. The van der Waals surface area contributed by atoms with E-state index in [1.807, 2.05) is 0 Å². The van der Waals surface area contributed by atoms with Gasteiger partial charge in [0.25, 0.3) is 5.91 Å². The summed E-state index contributed by atoms with van der Waals surface area (Å²) in [5.74, 6) is -0.526. The van der Waals surface area contributed by atoms with Crippen molar-refractivity contribution in [1.82, 2.24) is 4.90 Å². The van der Waals surface area contributed by atoms with E-state index in [0.717, 1.165) is 31.7 Å². The van der Waals surface area contributed by atoms with Crippen molar-refractivity contribution in [2.24, 2.45) is 5.73 Å². The zero-order chi connectivity index (χ0) is 15.5. The monoisotopic (exact) mass is 300 g/mol. The zero-order valence-corrected chi connectivity index (χ0v) is 11.7. The van der Waals surface area contributed by atoms with Crippen molar-refractivity contribution in [3.63, 3.8) is 0 Å². The van der Waals surface area contributed by atoms with Gasteiger partial charge in [-0.15, -0.1) is 0 Å². The first-order chi connectivity index (χ1) is 9.95. The summed E-state index contributed by atoms with van der Waals surface area (Å²) in [4.78, 5) is 14.1. The lowest BCUT2D eigenvalue weighted by Crippen LogP contribution is -2.36. The Morgan fingerprint density at radius 2 is 2.05 bits per heavy atom. The number of benzene rings is 1. The molecule has 1 fully saturated rings. The molecule has 116 valence electrons. The van der Waals surface area contributed by atoms with E-state index < -0.39 is 17.6 Å². The molecule has 0 aromatic heterocycles. The first-order valence-corrected chi connectivity index (χ1v) is 7.12. The predicted octanol–water partition coefficient (Wildman–Crippen LogP) is 3.05. The molecule has 1 heterocycles. The summed E-state index contributed by atoms with van der Waals surface area (Å²) in [6, 6.07) is 4.98. The van der Waals surface area contributed by atoms with E-state index in [1.165, 1.54) is 18.2 Å². The van der Waals surface area contributed by atoms with Gasteiger partial charge in [-0.05, 0) is 44.4 Å². The number of halogens is 3. The Bertz CT molecular complexity index is 502. The average molecular weight is 300 g/mol. The molecule has 1 aliphatic heterocycles. The fraction of sp³-hybridized carbons (Fsp3) is 0.533. The molecule has 0 spiro atoms. The van der Waals surface area contributed by atoms with Crippen molar-refractivity contribution in [3.8, 4) is 0 Å². The third kappa shape index (κ3) is 3.56. The number of likely N-dealkylation sites (tertiary alicyclic amines) is 1. The van der Waals surface area contributed by atoms with Gasteiger partial charge in [0.2, 0.25) is 0 Å². The molecule has 0 radical (unpaired) electrons. The quantitative estimate of drug-likeness (QED) is 0.929. The van der Waals surface area contributed by atoms with Crippen LogP contribution in [0.15, 0.2) is 24.3 Å². The van der Waals surface area contributed by atoms with Crippen molar-refractivity contribution in [3.05, 3.63) is 35.4 Å². The van der Waals surface area contributed by atoms with Gasteiger partial charge < -0.3 is 10.6 Å². The molecule has 1 aromatic carbocycles. The lowest BCUT2D eigenvalue weighted by molar-refractivity contribution is -0.138. The van der Waals surface area contributed by atoms with Gasteiger partial charge in [0, 0.05) is 12.6 Å². The largest absolute Gasteiger partial charge is 0.417 e. The molecule has 2 rings (SSSR count). The maximum absolute atomic E-state index is 13.0. The molecule has 0 aliphatic carbocycles. The van der Waals surface area contributed by atoms with Gasteiger partial charge in [0.05, 0.1) is 11.1 Å². The standard InChI is InChI=1S/C15H19F3N2O/c16-15(17,18)13-8-2-1-7-12(13)14(21)20-10-4-6-11(20)5-3-9-19/h1-2,7-8,11H,3-6,9-10,19H2. The van der Waals surface area contributed by atoms with Crippen LogP contribution in [0.3, 0.4) is 0 Å². The summed E-state index contributed by atoms with van der Waals surface area (Å²) in [5, 5.41) is 0. The van der Waals surface area contributed by atoms with Crippen molar-refractivity contribution < 1.29 is 18.0 Å². The van der Waals surface area contributed by atoms with Gasteiger partial charge in [0.1, 0.15) is 0 Å². The van der Waals surface area contributed by atoms with Crippen LogP contribution >= 0.6 is 0 Å². The summed E-state index contributed by atoms with van der Waals surface area (Å²) in [6.07, 6.45) is -1.33. The second-order valence-electron chi connectivity index (χ2n) is 5.27. The lowest BCUT2D eigenvalue weighted by Gasteiger charge is -2.26. The van der Waals surface area contributed by atoms with Gasteiger partial charge in [0.15, 0.2) is 0 Å². The van der Waals surface area contributed by atoms with Crippen molar-refractivity contribution >= 4 is 5.91 Å². The van der Waals surface area contributed by atoms with Crippen LogP contribution < -0.4 is 5.73 Å². The van der Waals surface area contributed by atoms with Crippen molar-refractivity contribution in [2.45, 2.75) is 37.9 Å². The molecule has 21 heavy (non-hydrogen) atoms. The molecule has 1 saturated heterocycles. The number of hydrogen-bond donors (Lipinski definition) is 1. The van der Waals surface area contributed by atoms with Crippen LogP contribution in [0.5, 0.6) is 0 Å². The van der Waals surface area contributed by atoms with Crippen LogP contribution in [0.25, 0.3) is 0 Å². The number of nitrogens with zero attached hydrogens (tertiary/aromatic N) is 1. The Hall–Kier alpha value is -1.56. The maximum Gasteiger partial charge on any atom is 0.417 e. The van der Waals surface area contributed by atoms with Gasteiger partial charge >= 0.3 is 6.18 Å². The van der Waals surface area contributed by atoms with Crippen molar-refractivity contribution in [2.75, 3.05) is 13.1 Å². The third-order valence-electron chi connectivity index (χ3n) is 3.84. The Kier molecular flexibility index (Phi) is 4.88. The molecule has 1 aromatic rings. The summed E-state index contributed by atoms with van der Waals surface area (Å²) in [6.45, 7) is 1.04. The van der Waals surface area contributed by atoms with Crippen LogP contribution in [0.1, 0.15) is 41.6 Å². The molecule has 6 heteroatoms. The Labute approximate surface area is 121 Å². The fourth-order valence-corrected chi connectivity index (χ4v) is 2.83. The molecular formula is C15H19F3N2O. The molecule has 1 amide bonds. The van der Waals surface area contributed by atoms with Crippen LogP contribution in [0.2, 0.25) is 0 Å². The van der Waals surface area contributed by atoms with E-state index in [4.69, 9.17) is 5.73 Å². The molecule has 2 N–H and O–H groups in total. The number of alkyl halides is 3. The minimum Gasteiger partial charge on any atom is -0.336 e. The predicted molar refractivity (Wildman–Crippen MR) is 73.8 cm³/mol. The Balaban J connectivity index is 2.24. The minimum atomic E-state index is -4.52. The SMILES string of the molecule is NCCCC1CCCN1C(=O)c1ccccc1C(F)(F)F. The van der Waals surface area contributed by atoms with E-state index in [9.17, 15) is 18.0 Å². The molecular weight excluding hydrogens is 281 g/mol. The topological polar surface area (TPSA) is 46.3 Å². The van der Waals surface area contributed by atoms with E-state index >= 15 is 0 Å². The minimum absolute atomic E-state index is 0.00217. The number of amides is 1. The Morgan fingerprint density at radius 3 is 2.71 bits per heavy atom. The van der Waals surface area contributed by atoms with Crippen LogP contribution in [0.4, 0.5) is 13.2 Å². The maximum atomic E-state index is 13.0. The van der Waals surface area contributed by atoms with Gasteiger partial charge in [-0.3, -0.25) is 4.79 Å². The molecule has 1 atom stereocenters. The number of carbonyl (C=O) groups is 1. The van der Waals surface area contributed by atoms with Gasteiger partial charge in [-0.1, -0.05) is 12.1 Å². The zero-order valence-electron chi connectivity index (χ0n) is 11.7. The highest BCUT2D eigenvalue weighted by Crippen LogP contribution is 2.33. The van der Waals surface area contributed by atoms with Crippen molar-refractivity contribution in [1.29, 1.82) is 0 Å². The number of hydrogen-bond acceptors (Lipinski definition) is 2. The highest BCUT2D eigenvalue weighted by molar-refractivity contribution is 5.96. The number of carbonyl (C=O) groups excluding carboxylic acids is 1. The first kappa shape index (κ1) is 15.8. The van der Waals surface area contributed by atoms with E-state index in [0.29, 0.717) is 13.1 Å². The highest BCUT2D eigenvalue weighted by Gasteiger charge is 2.37. The van der Waals surface area contributed by atoms with Gasteiger partial charge in [-0.2, -0.15) is 13.2 Å². The second kappa shape index (κ2) is 6.47. The lowest BCUT2D eigenvalue weighted by atomic mass is 10.0. The highest BCUT2D eigenvalue weighted by atomic mass is 19.4. The van der Waals surface area contributed by atoms with E-state index in [-0.39, 0.29) is 11.6 Å². The van der Waals surface area contributed by atoms with Crippen LogP contribution in [0, 0.1) is 0 Å². The van der Waals surface area contributed by atoms with Crippen LogP contribution in [-0.4, -0.2) is 29.9 Å². The molecule has 1 unspecified atom stereocenters. The Morgan fingerprint density at radius 1 is 1.33 bits per heavy atom. The summed E-state index contributed by atoms with van der Waals surface area (Å²) in [5.41, 5.74) is 4.35. The molecule has 3 nitrogen and oxygen atoms in total. The fourth-order valence-electron chi connectivity index (χ4n) is 2.83. The van der Waals surface area contributed by atoms with E-state index in [2.05, 4.69) is 0 Å². The smallest absolute Gasteiger partial charge is 0.336 e. The second-order valence-corrected chi connectivity index (χ2v) is 5.27.